The van der Waals surface area contributed by atoms with Gasteiger partial charge in [0.2, 0.25) is 5.70 Å². The number of aryl methyl sites for hydroxylation is 1. The molecule has 29 heavy (non-hydrogen) atoms. The van der Waals surface area contributed by atoms with Crippen LogP contribution < -0.4 is 15.0 Å². The van der Waals surface area contributed by atoms with Gasteiger partial charge in [-0.2, -0.15) is 4.57 Å². The molecule has 6 heteroatoms. The van der Waals surface area contributed by atoms with E-state index in [-0.39, 0.29) is 5.76 Å². The maximum Gasteiger partial charge on any atom is 0.239 e. The van der Waals surface area contributed by atoms with Gasteiger partial charge < -0.3 is 10.4 Å². The van der Waals surface area contributed by atoms with Crippen molar-refractivity contribution in [3.8, 4) is 0 Å². The number of aromatic nitrogens is 1. The first-order chi connectivity index (χ1) is 14.0. The average Bonchev–Trinajstić information content (AvgIpc) is 3.15. The molecule has 4 aromatic rings. The van der Waals surface area contributed by atoms with Gasteiger partial charge in [0.15, 0.2) is 17.4 Å². The van der Waals surface area contributed by atoms with Gasteiger partial charge >= 0.3 is 0 Å². The molecule has 3 nitrogen and oxygen atoms in total. The van der Waals surface area contributed by atoms with Crippen molar-refractivity contribution < 1.29 is 9.67 Å². The summed E-state index contributed by atoms with van der Waals surface area (Å²) < 4.78 is 2.33. The minimum Gasteiger partial charge on any atom is -0.867 e. The minimum atomic E-state index is -0.171. The number of nitrogens with one attached hydrogen (secondary N) is 1. The zero-order chi connectivity index (χ0) is 20.4. The summed E-state index contributed by atoms with van der Waals surface area (Å²) in [4.78, 5) is 0.896. The lowest BCUT2D eigenvalue weighted by Gasteiger charge is -2.16. The lowest BCUT2D eigenvalue weighted by atomic mass is 10.1. The standard InChI is InChI=1S/C23H17ClN2OS2/c1-15-6-5-13-26(14-15)21(22(27)19-11-12-20(24)29-19)23(28)25-18-10-4-8-16-7-2-3-9-17(16)18/h2-14H,1H3,(H-,25,27,28). The number of halogens is 1. The Kier molecular flexibility index (Phi) is 5.62. The van der Waals surface area contributed by atoms with Crippen LogP contribution in [0.25, 0.3) is 22.2 Å². The number of thiophene rings is 1. The SMILES string of the molecule is Cc1ccc[n+](/C(C(=S)Nc2cccc3ccccc23)=C(/[O-])c2ccc(Cl)s2)c1. The molecule has 0 amide bonds. The molecule has 2 aromatic carbocycles. The molecular weight excluding hydrogens is 420 g/mol. The molecule has 2 heterocycles. The third kappa shape index (κ3) is 4.17. The van der Waals surface area contributed by atoms with E-state index in [1.807, 2.05) is 73.9 Å². The molecule has 0 aliphatic rings. The lowest BCUT2D eigenvalue weighted by molar-refractivity contribution is -0.578. The van der Waals surface area contributed by atoms with Gasteiger partial charge in [0.1, 0.15) is 0 Å². The average molecular weight is 437 g/mol. The Morgan fingerprint density at radius 3 is 2.59 bits per heavy atom. The van der Waals surface area contributed by atoms with Crippen LogP contribution in [-0.4, -0.2) is 4.99 Å². The highest BCUT2D eigenvalue weighted by Crippen LogP contribution is 2.28. The molecule has 0 saturated carbocycles. The highest BCUT2D eigenvalue weighted by atomic mass is 35.5. The van der Waals surface area contributed by atoms with Gasteiger partial charge in [-0.05, 0) is 42.3 Å². The summed E-state index contributed by atoms with van der Waals surface area (Å²) in [5.74, 6) is -0.171. The fraction of sp³-hybridized carbons (Fsp3) is 0.0435. The smallest absolute Gasteiger partial charge is 0.239 e. The predicted molar refractivity (Wildman–Crippen MR) is 124 cm³/mol. The van der Waals surface area contributed by atoms with Gasteiger partial charge in [-0.25, -0.2) is 0 Å². The Labute approximate surface area is 183 Å². The van der Waals surface area contributed by atoms with Crippen LogP contribution >= 0.6 is 35.2 Å². The molecule has 0 radical (unpaired) electrons. The lowest BCUT2D eigenvalue weighted by Crippen LogP contribution is -2.40. The van der Waals surface area contributed by atoms with Gasteiger partial charge in [0.25, 0.3) is 0 Å². The summed E-state index contributed by atoms with van der Waals surface area (Å²) in [5, 5.41) is 18.8. The fourth-order valence-corrected chi connectivity index (χ4v) is 4.43. The van der Waals surface area contributed by atoms with Crippen LogP contribution in [0.15, 0.2) is 79.1 Å². The molecule has 0 fully saturated rings. The second-order valence-corrected chi connectivity index (χ2v) is 8.67. The molecule has 0 aliphatic carbocycles. The number of pyridine rings is 1. The van der Waals surface area contributed by atoms with Crippen molar-refractivity contribution in [2.24, 2.45) is 0 Å². The van der Waals surface area contributed by atoms with Crippen molar-refractivity contribution in [1.82, 2.24) is 0 Å². The molecule has 4 rings (SSSR count). The van der Waals surface area contributed by atoms with Crippen LogP contribution in [0.4, 0.5) is 5.69 Å². The van der Waals surface area contributed by atoms with Crippen molar-refractivity contribution in [1.29, 1.82) is 0 Å². The van der Waals surface area contributed by atoms with Crippen molar-refractivity contribution in [2.75, 3.05) is 5.32 Å². The summed E-state index contributed by atoms with van der Waals surface area (Å²) in [6, 6.07) is 21.3. The summed E-state index contributed by atoms with van der Waals surface area (Å²) in [6.45, 7) is 1.97. The number of anilines is 1. The second kappa shape index (κ2) is 8.33. The molecule has 1 N–H and O–H groups in total. The van der Waals surface area contributed by atoms with Crippen molar-refractivity contribution in [2.45, 2.75) is 6.92 Å². The Morgan fingerprint density at radius 1 is 1.03 bits per heavy atom. The zero-order valence-corrected chi connectivity index (χ0v) is 17.9. The number of thiocarbonyl (C=S) groups is 1. The van der Waals surface area contributed by atoms with Gasteiger partial charge in [-0.3, -0.25) is 0 Å². The van der Waals surface area contributed by atoms with Gasteiger partial charge in [-0.1, -0.05) is 60.2 Å². The molecule has 0 unspecified atom stereocenters. The van der Waals surface area contributed by atoms with E-state index >= 15 is 0 Å². The Bertz CT molecular complexity index is 1240. The predicted octanol–water partition coefficient (Wildman–Crippen LogP) is 5.28. The second-order valence-electron chi connectivity index (χ2n) is 6.55. The third-order valence-electron chi connectivity index (χ3n) is 4.47. The quantitative estimate of drug-likeness (QED) is 0.205. The zero-order valence-electron chi connectivity index (χ0n) is 15.6. The van der Waals surface area contributed by atoms with E-state index in [2.05, 4.69) is 5.32 Å². The number of hydrogen-bond donors (Lipinski definition) is 1. The van der Waals surface area contributed by atoms with E-state index in [1.165, 1.54) is 11.3 Å². The van der Waals surface area contributed by atoms with Crippen LogP contribution in [0.1, 0.15) is 10.4 Å². The molecule has 144 valence electrons. The summed E-state index contributed by atoms with van der Waals surface area (Å²) >= 11 is 13.0. The summed E-state index contributed by atoms with van der Waals surface area (Å²) in [5.41, 5.74) is 2.26. The van der Waals surface area contributed by atoms with Crippen molar-refractivity contribution >= 4 is 68.1 Å². The first-order valence-corrected chi connectivity index (χ1v) is 10.6. The molecule has 0 aliphatic heterocycles. The van der Waals surface area contributed by atoms with E-state index in [4.69, 9.17) is 23.8 Å². The first kappa shape index (κ1) is 19.6. The third-order valence-corrected chi connectivity index (χ3v) is 6.00. The topological polar surface area (TPSA) is 39.0 Å². The van der Waals surface area contributed by atoms with E-state index in [1.54, 1.807) is 16.7 Å². The molecular formula is C23H17ClN2OS2. The fourth-order valence-electron chi connectivity index (χ4n) is 3.14. The van der Waals surface area contributed by atoms with Crippen LogP contribution in [0.5, 0.6) is 0 Å². The number of nitrogens with zero attached hydrogens (tertiary/aromatic N) is 1. The molecule has 2 aromatic heterocycles. The van der Waals surface area contributed by atoms with E-state index in [0.29, 0.717) is 19.9 Å². The maximum absolute atomic E-state index is 13.3. The normalized spacial score (nSPS) is 11.9. The van der Waals surface area contributed by atoms with Gasteiger partial charge in [-0.15, -0.1) is 11.3 Å². The molecule has 0 saturated heterocycles. The highest BCUT2D eigenvalue weighted by Gasteiger charge is 2.20. The largest absolute Gasteiger partial charge is 0.867 e. The minimum absolute atomic E-state index is 0.171. The Balaban J connectivity index is 1.81. The number of rotatable bonds is 4. The van der Waals surface area contributed by atoms with E-state index in [0.717, 1.165) is 22.0 Å². The number of hydrogen-bond acceptors (Lipinski definition) is 3. The summed E-state index contributed by atoms with van der Waals surface area (Å²) in [7, 11) is 0. The molecule has 0 atom stereocenters. The van der Waals surface area contributed by atoms with E-state index < -0.39 is 0 Å². The van der Waals surface area contributed by atoms with Crippen molar-refractivity contribution in [3.63, 3.8) is 0 Å². The highest BCUT2D eigenvalue weighted by molar-refractivity contribution is 7.81. The van der Waals surface area contributed by atoms with Gasteiger partial charge in [0, 0.05) is 27.6 Å². The molecule has 0 bridgehead atoms. The Morgan fingerprint density at radius 2 is 1.83 bits per heavy atom. The van der Waals surface area contributed by atoms with Crippen LogP contribution in [0, 0.1) is 6.92 Å². The van der Waals surface area contributed by atoms with Gasteiger partial charge in [0.05, 0.1) is 4.34 Å². The van der Waals surface area contributed by atoms with Crippen LogP contribution in [0.2, 0.25) is 4.34 Å². The van der Waals surface area contributed by atoms with Crippen LogP contribution in [-0.2, 0) is 0 Å². The Hall–Kier alpha value is -2.73. The van der Waals surface area contributed by atoms with Crippen LogP contribution in [0.3, 0.4) is 0 Å². The van der Waals surface area contributed by atoms with E-state index in [9.17, 15) is 5.11 Å². The summed E-state index contributed by atoms with van der Waals surface area (Å²) in [6.07, 6.45) is 3.71. The monoisotopic (exact) mass is 436 g/mol. The number of benzene rings is 2. The number of fused-ring (bicyclic) bond motifs is 1. The van der Waals surface area contributed by atoms with Crippen molar-refractivity contribution in [3.05, 3.63) is 93.9 Å². The first-order valence-electron chi connectivity index (χ1n) is 8.97. The molecule has 0 spiro atoms. The maximum atomic E-state index is 13.3.